The fraction of sp³-hybridized carbons (Fsp3) is 0.273. The molecule has 1 N–H and O–H groups in total. The molecule has 0 unspecified atom stereocenters. The summed E-state index contributed by atoms with van der Waals surface area (Å²) in [4.78, 5) is 21.3. The summed E-state index contributed by atoms with van der Waals surface area (Å²) in [6, 6.07) is 7.60. The Morgan fingerprint density at radius 2 is 2.17 bits per heavy atom. The Bertz CT molecular complexity index is 1180. The third-order valence-electron chi connectivity index (χ3n) is 5.31. The van der Waals surface area contributed by atoms with Gasteiger partial charge in [-0.25, -0.2) is 9.67 Å². The topological polar surface area (TPSA) is 86.3 Å². The number of aromatic nitrogens is 5. The first-order valence-electron chi connectivity index (χ1n) is 10.1. The predicted molar refractivity (Wildman–Crippen MR) is 111 cm³/mol. The number of imidazole rings is 1. The quantitative estimate of drug-likeness (QED) is 0.554. The molecule has 0 spiro atoms. The second-order valence-electron chi connectivity index (χ2n) is 7.33. The number of hydrogen-bond donors (Lipinski definition) is 1. The molecule has 0 aromatic carbocycles. The molecule has 0 aliphatic carbocycles. The first kappa shape index (κ1) is 18.5. The molecule has 30 heavy (non-hydrogen) atoms. The molecule has 1 aliphatic heterocycles. The Labute approximate surface area is 173 Å². The minimum Gasteiger partial charge on any atom is -0.356 e. The van der Waals surface area contributed by atoms with Crippen LogP contribution in [0.3, 0.4) is 0 Å². The molecule has 1 amide bonds. The predicted octanol–water partition coefficient (Wildman–Crippen LogP) is 3.22. The third kappa shape index (κ3) is 3.57. The maximum absolute atomic E-state index is 12.7. The fourth-order valence-corrected chi connectivity index (χ4v) is 3.82. The maximum atomic E-state index is 12.7. The summed E-state index contributed by atoms with van der Waals surface area (Å²) >= 11 is 0. The average molecular weight is 402 g/mol. The van der Waals surface area contributed by atoms with Gasteiger partial charge in [0, 0.05) is 55.9 Å². The second kappa shape index (κ2) is 8.08. The van der Waals surface area contributed by atoms with Crippen LogP contribution in [0, 0.1) is 0 Å². The van der Waals surface area contributed by atoms with E-state index < -0.39 is 0 Å². The van der Waals surface area contributed by atoms with Crippen molar-refractivity contribution in [2.45, 2.75) is 32.0 Å². The molecule has 1 aliphatic rings. The Hall–Kier alpha value is -3.52. The van der Waals surface area contributed by atoms with Gasteiger partial charge in [-0.05, 0) is 49.1 Å². The van der Waals surface area contributed by atoms with Crippen molar-refractivity contribution in [3.63, 3.8) is 0 Å². The number of carbonyl (C=O) groups is 1. The van der Waals surface area contributed by atoms with Gasteiger partial charge in [0.2, 0.25) is 0 Å². The molecule has 8 heteroatoms. The molecule has 0 bridgehead atoms. The zero-order chi connectivity index (χ0) is 20.3. The minimum atomic E-state index is -0.169. The van der Waals surface area contributed by atoms with Crippen LogP contribution >= 0.6 is 0 Å². The van der Waals surface area contributed by atoms with E-state index in [1.807, 2.05) is 45.9 Å². The van der Waals surface area contributed by atoms with Crippen LogP contribution in [-0.2, 0) is 11.3 Å². The number of amides is 1. The standard InChI is InChI=1S/C22H22N6O2/c29-22(18-4-3-9-27-10-8-24-21(18)27)25-14-16-12-17(15-23-13-16)19-6-7-26-28(19)20-5-1-2-11-30-20/h3-4,6-10,12-13,15,20H,1-2,5,11,14H2,(H,25,29)/t20-/m1/s1. The van der Waals surface area contributed by atoms with E-state index in [1.54, 1.807) is 24.7 Å². The highest BCUT2D eigenvalue weighted by atomic mass is 16.5. The minimum absolute atomic E-state index is 0.0397. The smallest absolute Gasteiger partial charge is 0.255 e. The van der Waals surface area contributed by atoms with Crippen LogP contribution in [0.5, 0.6) is 0 Å². The Balaban J connectivity index is 1.33. The van der Waals surface area contributed by atoms with Crippen molar-refractivity contribution >= 4 is 11.6 Å². The number of ether oxygens (including phenoxy) is 1. The molecule has 0 radical (unpaired) electrons. The highest BCUT2D eigenvalue weighted by molar-refractivity contribution is 5.99. The van der Waals surface area contributed by atoms with Crippen molar-refractivity contribution in [1.82, 2.24) is 29.5 Å². The van der Waals surface area contributed by atoms with Gasteiger partial charge in [0.1, 0.15) is 5.65 Å². The Morgan fingerprint density at radius 1 is 1.20 bits per heavy atom. The van der Waals surface area contributed by atoms with Crippen molar-refractivity contribution in [1.29, 1.82) is 0 Å². The molecule has 1 fully saturated rings. The van der Waals surface area contributed by atoms with Gasteiger partial charge < -0.3 is 14.5 Å². The van der Waals surface area contributed by atoms with Crippen LogP contribution in [0.1, 0.15) is 41.4 Å². The van der Waals surface area contributed by atoms with Crippen LogP contribution in [0.25, 0.3) is 16.9 Å². The van der Waals surface area contributed by atoms with E-state index in [1.165, 1.54) is 0 Å². The van der Waals surface area contributed by atoms with Crippen LogP contribution in [0.2, 0.25) is 0 Å². The number of pyridine rings is 2. The van der Waals surface area contributed by atoms with E-state index >= 15 is 0 Å². The van der Waals surface area contributed by atoms with Gasteiger partial charge in [0.15, 0.2) is 6.23 Å². The van der Waals surface area contributed by atoms with Crippen molar-refractivity contribution < 1.29 is 9.53 Å². The number of nitrogens with zero attached hydrogens (tertiary/aromatic N) is 5. The Morgan fingerprint density at radius 3 is 3.07 bits per heavy atom. The average Bonchev–Trinajstić information content (AvgIpc) is 3.48. The van der Waals surface area contributed by atoms with Crippen molar-refractivity contribution in [2.75, 3.05) is 6.61 Å². The van der Waals surface area contributed by atoms with Crippen molar-refractivity contribution in [3.8, 4) is 11.3 Å². The van der Waals surface area contributed by atoms with E-state index in [0.717, 1.165) is 42.7 Å². The summed E-state index contributed by atoms with van der Waals surface area (Å²) in [7, 11) is 0. The summed E-state index contributed by atoms with van der Waals surface area (Å²) in [5.74, 6) is -0.169. The van der Waals surface area contributed by atoms with Crippen LogP contribution in [-0.4, -0.2) is 36.7 Å². The van der Waals surface area contributed by atoms with Crippen LogP contribution < -0.4 is 5.32 Å². The molecule has 1 atom stereocenters. The third-order valence-corrected chi connectivity index (χ3v) is 5.31. The molecular weight excluding hydrogens is 380 g/mol. The lowest BCUT2D eigenvalue weighted by Gasteiger charge is -2.24. The normalized spacial score (nSPS) is 16.6. The van der Waals surface area contributed by atoms with Gasteiger partial charge in [0.05, 0.1) is 11.3 Å². The molecule has 8 nitrogen and oxygen atoms in total. The van der Waals surface area contributed by atoms with Gasteiger partial charge in [-0.1, -0.05) is 0 Å². The van der Waals surface area contributed by atoms with E-state index in [9.17, 15) is 4.79 Å². The lowest BCUT2D eigenvalue weighted by atomic mass is 10.1. The van der Waals surface area contributed by atoms with Gasteiger partial charge in [-0.3, -0.25) is 9.78 Å². The van der Waals surface area contributed by atoms with E-state index in [2.05, 4.69) is 20.4 Å². The molecule has 4 aromatic heterocycles. The Kier molecular flexibility index (Phi) is 4.98. The number of rotatable bonds is 5. The SMILES string of the molecule is O=C(NCc1cncc(-c2ccnn2[C@H]2CCCCO2)c1)c1cccn2ccnc12. The zero-order valence-corrected chi connectivity index (χ0v) is 16.4. The lowest BCUT2D eigenvalue weighted by molar-refractivity contribution is -0.0383. The van der Waals surface area contributed by atoms with Gasteiger partial charge in [-0.15, -0.1) is 0 Å². The fourth-order valence-electron chi connectivity index (χ4n) is 3.82. The van der Waals surface area contributed by atoms with Crippen molar-refractivity contribution in [3.05, 3.63) is 72.6 Å². The van der Waals surface area contributed by atoms with Gasteiger partial charge in [0.25, 0.3) is 5.91 Å². The van der Waals surface area contributed by atoms with Gasteiger partial charge in [-0.2, -0.15) is 5.10 Å². The number of hydrogen-bond acceptors (Lipinski definition) is 5. The summed E-state index contributed by atoms with van der Waals surface area (Å²) in [5, 5.41) is 7.44. The molecule has 4 aromatic rings. The molecule has 5 rings (SSSR count). The highest BCUT2D eigenvalue weighted by Crippen LogP contribution is 2.28. The zero-order valence-electron chi connectivity index (χ0n) is 16.4. The van der Waals surface area contributed by atoms with E-state index in [-0.39, 0.29) is 12.1 Å². The summed E-state index contributed by atoms with van der Waals surface area (Å²) in [6.45, 7) is 1.13. The number of nitrogens with one attached hydrogen (secondary N) is 1. The maximum Gasteiger partial charge on any atom is 0.255 e. The summed E-state index contributed by atoms with van der Waals surface area (Å²) in [5.41, 5.74) is 4.00. The highest BCUT2D eigenvalue weighted by Gasteiger charge is 2.20. The van der Waals surface area contributed by atoms with Crippen molar-refractivity contribution in [2.24, 2.45) is 0 Å². The molecule has 152 valence electrons. The monoisotopic (exact) mass is 402 g/mol. The molecular formula is C22H22N6O2. The van der Waals surface area contributed by atoms with E-state index in [0.29, 0.717) is 17.8 Å². The van der Waals surface area contributed by atoms with E-state index in [4.69, 9.17) is 4.74 Å². The first-order chi connectivity index (χ1) is 14.8. The lowest BCUT2D eigenvalue weighted by Crippen LogP contribution is -2.23. The molecule has 0 saturated carbocycles. The largest absolute Gasteiger partial charge is 0.356 e. The van der Waals surface area contributed by atoms with Crippen LogP contribution in [0.15, 0.2) is 61.4 Å². The molecule has 1 saturated heterocycles. The number of fused-ring (bicyclic) bond motifs is 1. The molecule has 5 heterocycles. The number of carbonyl (C=O) groups excluding carboxylic acids is 1. The summed E-state index contributed by atoms with van der Waals surface area (Å²) in [6.07, 6.45) is 13.9. The van der Waals surface area contributed by atoms with Crippen LogP contribution in [0.4, 0.5) is 0 Å². The summed E-state index contributed by atoms with van der Waals surface area (Å²) < 4.78 is 9.64. The van der Waals surface area contributed by atoms with Gasteiger partial charge >= 0.3 is 0 Å². The second-order valence-corrected chi connectivity index (χ2v) is 7.33. The first-order valence-corrected chi connectivity index (χ1v) is 10.1.